The number of nitrogens with one attached hydrogen (secondary N) is 2. The molecule has 0 bridgehead atoms. The Kier molecular flexibility index (Phi) is 4.32. The van der Waals surface area contributed by atoms with Crippen molar-refractivity contribution in [2.45, 2.75) is 24.9 Å². The lowest BCUT2D eigenvalue weighted by molar-refractivity contribution is -0.123. The zero-order valence-corrected chi connectivity index (χ0v) is 12.3. The van der Waals surface area contributed by atoms with Crippen LogP contribution in [0.2, 0.25) is 0 Å². The molecular weight excluding hydrogens is 297 g/mol. The van der Waals surface area contributed by atoms with Gasteiger partial charge in [0.15, 0.2) is 0 Å². The smallest absolute Gasteiger partial charge is 0.253 e. The fraction of sp³-hybridized carbons (Fsp3) is 0.235. The van der Waals surface area contributed by atoms with Crippen molar-refractivity contribution in [3.8, 4) is 0 Å². The molecule has 0 saturated carbocycles. The molecule has 2 aromatic rings. The van der Waals surface area contributed by atoms with Gasteiger partial charge in [0.25, 0.3) is 5.91 Å². The van der Waals surface area contributed by atoms with E-state index in [9.17, 15) is 14.0 Å². The van der Waals surface area contributed by atoms with Gasteiger partial charge in [-0.25, -0.2) is 4.98 Å². The average Bonchev–Trinajstić information content (AvgIpc) is 2.58. The minimum absolute atomic E-state index is 0.0344. The maximum Gasteiger partial charge on any atom is 0.253 e. The topological polar surface area (TPSA) is 71.1 Å². The highest BCUT2D eigenvalue weighted by Crippen LogP contribution is 2.24. The fourth-order valence-electron chi connectivity index (χ4n) is 2.69. The minimum Gasteiger partial charge on any atom is -0.347 e. The summed E-state index contributed by atoms with van der Waals surface area (Å²) in [5, 5.41) is 5.83. The van der Waals surface area contributed by atoms with Crippen molar-refractivity contribution in [3.05, 3.63) is 65.7 Å². The summed E-state index contributed by atoms with van der Waals surface area (Å²) in [5.74, 6) is -0.999. The van der Waals surface area contributed by atoms with E-state index in [-0.39, 0.29) is 29.5 Å². The van der Waals surface area contributed by atoms with Crippen LogP contribution in [0.1, 0.15) is 34.8 Å². The molecule has 3 rings (SSSR count). The van der Waals surface area contributed by atoms with Gasteiger partial charge in [-0.1, -0.05) is 30.3 Å². The Labute approximate surface area is 132 Å². The Morgan fingerprint density at radius 3 is 2.70 bits per heavy atom. The standard InChI is InChI=1S/C17H16FN3O2/c18-14-8-6-12(10-19-14)17(23)20-13-7-9-15(22)21-16(13)11-4-2-1-3-5-11/h1-6,8,10,13,16H,7,9H2,(H,20,23)(H,21,22)/t13-,16+/m1/s1. The molecule has 2 heterocycles. The Morgan fingerprint density at radius 2 is 2.00 bits per heavy atom. The number of carbonyl (C=O) groups is 2. The molecule has 0 spiro atoms. The van der Waals surface area contributed by atoms with Gasteiger partial charge in [-0.2, -0.15) is 4.39 Å². The summed E-state index contributed by atoms with van der Waals surface area (Å²) in [4.78, 5) is 27.5. The van der Waals surface area contributed by atoms with Crippen LogP contribution in [0.15, 0.2) is 48.7 Å². The SMILES string of the molecule is O=C1CC[C@@H](NC(=O)c2ccc(F)nc2)[C@H](c2ccccc2)N1. The van der Waals surface area contributed by atoms with Gasteiger partial charge in [0.05, 0.1) is 17.6 Å². The number of carbonyl (C=O) groups excluding carboxylic acids is 2. The fourth-order valence-corrected chi connectivity index (χ4v) is 2.69. The average molecular weight is 313 g/mol. The summed E-state index contributed by atoms with van der Waals surface area (Å²) < 4.78 is 12.8. The summed E-state index contributed by atoms with van der Waals surface area (Å²) in [5.41, 5.74) is 1.22. The van der Waals surface area contributed by atoms with Gasteiger partial charge in [0.1, 0.15) is 0 Å². The molecule has 1 aliphatic rings. The molecule has 1 saturated heterocycles. The summed E-state index contributed by atoms with van der Waals surface area (Å²) in [6.45, 7) is 0. The third kappa shape index (κ3) is 3.53. The number of amides is 2. The lowest BCUT2D eigenvalue weighted by Gasteiger charge is -2.33. The van der Waals surface area contributed by atoms with E-state index in [1.54, 1.807) is 0 Å². The lowest BCUT2D eigenvalue weighted by Crippen LogP contribution is -2.50. The van der Waals surface area contributed by atoms with Gasteiger partial charge in [-0.3, -0.25) is 9.59 Å². The molecule has 1 fully saturated rings. The molecule has 2 amide bonds. The molecule has 6 heteroatoms. The second-order valence-corrected chi connectivity index (χ2v) is 5.44. The molecule has 0 radical (unpaired) electrons. The molecule has 1 aromatic heterocycles. The quantitative estimate of drug-likeness (QED) is 0.851. The van der Waals surface area contributed by atoms with Crippen molar-refractivity contribution in [1.29, 1.82) is 0 Å². The number of rotatable bonds is 3. The predicted octanol–water partition coefficient (Wildman–Crippen LogP) is 1.97. The molecule has 0 unspecified atom stereocenters. The number of pyridine rings is 1. The third-order valence-corrected chi connectivity index (χ3v) is 3.87. The van der Waals surface area contributed by atoms with Crippen molar-refractivity contribution in [3.63, 3.8) is 0 Å². The molecule has 118 valence electrons. The van der Waals surface area contributed by atoms with Gasteiger partial charge in [-0.15, -0.1) is 0 Å². The second-order valence-electron chi connectivity index (χ2n) is 5.44. The first kappa shape index (κ1) is 15.1. The molecule has 2 atom stereocenters. The maximum atomic E-state index is 12.8. The lowest BCUT2D eigenvalue weighted by atomic mass is 9.91. The first-order valence-corrected chi connectivity index (χ1v) is 7.40. The Bertz CT molecular complexity index is 704. The zero-order chi connectivity index (χ0) is 16.2. The van der Waals surface area contributed by atoms with Crippen molar-refractivity contribution in [1.82, 2.24) is 15.6 Å². The van der Waals surface area contributed by atoms with Crippen molar-refractivity contribution >= 4 is 11.8 Å². The highest BCUT2D eigenvalue weighted by Gasteiger charge is 2.31. The molecule has 1 aliphatic heterocycles. The number of piperidine rings is 1. The van der Waals surface area contributed by atoms with Crippen LogP contribution in [-0.2, 0) is 4.79 Å². The van der Waals surface area contributed by atoms with E-state index >= 15 is 0 Å². The van der Waals surface area contributed by atoms with E-state index in [0.29, 0.717) is 12.8 Å². The third-order valence-electron chi connectivity index (χ3n) is 3.87. The van der Waals surface area contributed by atoms with Crippen LogP contribution in [0.3, 0.4) is 0 Å². The van der Waals surface area contributed by atoms with Crippen LogP contribution in [0.5, 0.6) is 0 Å². The Balaban J connectivity index is 1.77. The number of hydrogen-bond acceptors (Lipinski definition) is 3. The summed E-state index contributed by atoms with van der Waals surface area (Å²) in [7, 11) is 0. The van der Waals surface area contributed by atoms with Gasteiger partial charge in [0, 0.05) is 12.6 Å². The highest BCUT2D eigenvalue weighted by atomic mass is 19.1. The van der Waals surface area contributed by atoms with E-state index in [1.165, 1.54) is 12.3 Å². The Morgan fingerprint density at radius 1 is 1.22 bits per heavy atom. The number of halogens is 1. The van der Waals surface area contributed by atoms with E-state index in [0.717, 1.165) is 11.6 Å². The van der Waals surface area contributed by atoms with E-state index in [4.69, 9.17) is 0 Å². The maximum absolute atomic E-state index is 12.8. The van der Waals surface area contributed by atoms with Crippen molar-refractivity contribution in [2.24, 2.45) is 0 Å². The van der Waals surface area contributed by atoms with Crippen molar-refractivity contribution in [2.75, 3.05) is 0 Å². The van der Waals surface area contributed by atoms with Gasteiger partial charge in [-0.05, 0) is 24.1 Å². The summed E-state index contributed by atoms with van der Waals surface area (Å²) >= 11 is 0. The minimum atomic E-state index is -0.631. The van der Waals surface area contributed by atoms with Gasteiger partial charge < -0.3 is 10.6 Å². The van der Waals surface area contributed by atoms with Crippen LogP contribution in [0, 0.1) is 5.95 Å². The number of hydrogen-bond donors (Lipinski definition) is 2. The van der Waals surface area contributed by atoms with Gasteiger partial charge >= 0.3 is 0 Å². The molecule has 1 aromatic carbocycles. The zero-order valence-electron chi connectivity index (χ0n) is 12.3. The number of nitrogens with zero attached hydrogens (tertiary/aromatic N) is 1. The van der Waals surface area contributed by atoms with Crippen LogP contribution in [0.4, 0.5) is 4.39 Å². The Hall–Kier alpha value is -2.76. The van der Waals surface area contributed by atoms with Crippen LogP contribution < -0.4 is 10.6 Å². The largest absolute Gasteiger partial charge is 0.347 e. The molecule has 2 N–H and O–H groups in total. The summed E-state index contributed by atoms with van der Waals surface area (Å²) in [6.07, 6.45) is 2.10. The predicted molar refractivity (Wildman–Crippen MR) is 82.0 cm³/mol. The van der Waals surface area contributed by atoms with Gasteiger partial charge in [0.2, 0.25) is 11.9 Å². The first-order valence-electron chi connectivity index (χ1n) is 7.40. The van der Waals surface area contributed by atoms with Crippen LogP contribution in [-0.4, -0.2) is 22.8 Å². The van der Waals surface area contributed by atoms with E-state index in [2.05, 4.69) is 15.6 Å². The molecule has 23 heavy (non-hydrogen) atoms. The van der Waals surface area contributed by atoms with Crippen LogP contribution >= 0.6 is 0 Å². The van der Waals surface area contributed by atoms with E-state index in [1.807, 2.05) is 30.3 Å². The summed E-state index contributed by atoms with van der Waals surface area (Å²) in [6, 6.07) is 11.5. The number of benzene rings is 1. The van der Waals surface area contributed by atoms with Crippen LogP contribution in [0.25, 0.3) is 0 Å². The van der Waals surface area contributed by atoms with Crippen molar-refractivity contribution < 1.29 is 14.0 Å². The normalized spacial score (nSPS) is 20.7. The first-order chi connectivity index (χ1) is 11.1. The van der Waals surface area contributed by atoms with E-state index < -0.39 is 5.95 Å². The molecular formula is C17H16FN3O2. The second kappa shape index (κ2) is 6.56. The molecule has 0 aliphatic carbocycles. The monoisotopic (exact) mass is 313 g/mol. The number of aromatic nitrogens is 1. The molecule has 5 nitrogen and oxygen atoms in total. The highest BCUT2D eigenvalue weighted by molar-refractivity contribution is 5.94.